The maximum atomic E-state index is 12.2. The van der Waals surface area contributed by atoms with E-state index in [-0.39, 0.29) is 0 Å². The van der Waals surface area contributed by atoms with Crippen LogP contribution in [0.15, 0.2) is 29.2 Å². The van der Waals surface area contributed by atoms with E-state index in [9.17, 15) is 8.78 Å². The summed E-state index contributed by atoms with van der Waals surface area (Å²) in [6.07, 6.45) is 2.14. The largest absolute Gasteiger partial charge is 0.384 e. The number of nitrogens with one attached hydrogen (secondary N) is 1. The third-order valence-corrected chi connectivity index (χ3v) is 2.74. The van der Waals surface area contributed by atoms with Crippen LogP contribution in [-0.2, 0) is 0 Å². The van der Waals surface area contributed by atoms with Crippen molar-refractivity contribution in [3.63, 3.8) is 0 Å². The molecule has 0 heterocycles. The number of hydrogen-bond acceptors (Lipinski definition) is 2. The van der Waals surface area contributed by atoms with Crippen LogP contribution in [0.3, 0.4) is 0 Å². The van der Waals surface area contributed by atoms with Crippen LogP contribution < -0.4 is 5.32 Å². The number of rotatable bonds is 6. The van der Waals surface area contributed by atoms with Gasteiger partial charge < -0.3 is 5.32 Å². The van der Waals surface area contributed by atoms with Gasteiger partial charge in [0.05, 0.1) is 0 Å². The van der Waals surface area contributed by atoms with E-state index in [4.69, 9.17) is 0 Å². The van der Waals surface area contributed by atoms with Crippen LogP contribution in [0.25, 0.3) is 0 Å². The lowest BCUT2D eigenvalue weighted by atomic mass is 10.3. The van der Waals surface area contributed by atoms with Crippen LogP contribution in [0.4, 0.5) is 14.5 Å². The molecule has 0 saturated heterocycles. The quantitative estimate of drug-likeness (QED) is 0.581. The molecule has 0 spiro atoms. The predicted molar refractivity (Wildman–Crippen MR) is 61.7 cm³/mol. The summed E-state index contributed by atoms with van der Waals surface area (Å²) in [5.41, 5.74) is 0.802. The first-order valence-corrected chi connectivity index (χ1v) is 5.89. The zero-order valence-corrected chi connectivity index (χ0v) is 9.49. The number of anilines is 1. The Labute approximate surface area is 93.3 Å². The monoisotopic (exact) mass is 231 g/mol. The van der Waals surface area contributed by atoms with Gasteiger partial charge in [0.25, 0.3) is 5.76 Å². The number of alkyl halides is 2. The molecule has 0 bridgehead atoms. The summed E-state index contributed by atoms with van der Waals surface area (Å²) in [4.78, 5) is 0.614. The molecule has 0 saturated carbocycles. The zero-order chi connectivity index (χ0) is 11.1. The van der Waals surface area contributed by atoms with Gasteiger partial charge in [0, 0.05) is 17.1 Å². The second kappa shape index (κ2) is 6.67. The van der Waals surface area contributed by atoms with E-state index in [2.05, 4.69) is 12.2 Å². The molecule has 0 unspecified atom stereocenters. The molecule has 1 nitrogen and oxygen atoms in total. The fraction of sp³-hybridized carbons (Fsp3) is 0.455. The van der Waals surface area contributed by atoms with E-state index < -0.39 is 5.76 Å². The summed E-state index contributed by atoms with van der Waals surface area (Å²) in [7, 11) is 0. The topological polar surface area (TPSA) is 12.0 Å². The van der Waals surface area contributed by atoms with Gasteiger partial charge in [-0.05, 0) is 18.6 Å². The van der Waals surface area contributed by atoms with Crippen molar-refractivity contribution >= 4 is 17.4 Å². The molecule has 1 N–H and O–H groups in total. The van der Waals surface area contributed by atoms with Crippen LogP contribution in [0.2, 0.25) is 0 Å². The van der Waals surface area contributed by atoms with Gasteiger partial charge in [0.2, 0.25) is 0 Å². The lowest BCUT2D eigenvalue weighted by Gasteiger charge is -2.10. The first-order chi connectivity index (χ1) is 7.24. The molecule has 0 aliphatic carbocycles. The van der Waals surface area contributed by atoms with Crippen molar-refractivity contribution in [2.75, 3.05) is 11.9 Å². The van der Waals surface area contributed by atoms with Crippen molar-refractivity contribution in [2.45, 2.75) is 30.4 Å². The molecule has 1 rings (SSSR count). The van der Waals surface area contributed by atoms with Gasteiger partial charge in [-0.2, -0.15) is 8.78 Å². The van der Waals surface area contributed by atoms with E-state index in [0.29, 0.717) is 16.7 Å². The SMILES string of the molecule is CCCCNc1ccccc1SC(F)F. The maximum Gasteiger partial charge on any atom is 0.288 e. The molecule has 0 aliphatic heterocycles. The van der Waals surface area contributed by atoms with Gasteiger partial charge in [-0.15, -0.1) is 0 Å². The second-order valence-electron chi connectivity index (χ2n) is 3.15. The molecular formula is C11H15F2NS. The van der Waals surface area contributed by atoms with Gasteiger partial charge >= 0.3 is 0 Å². The summed E-state index contributed by atoms with van der Waals surface area (Å²) in [5.74, 6) is -2.36. The van der Waals surface area contributed by atoms with Crippen molar-refractivity contribution in [2.24, 2.45) is 0 Å². The lowest BCUT2D eigenvalue weighted by Crippen LogP contribution is -2.02. The average Bonchev–Trinajstić information content (AvgIpc) is 2.20. The first-order valence-electron chi connectivity index (χ1n) is 5.01. The Balaban J connectivity index is 2.60. The number of thioether (sulfide) groups is 1. The minimum absolute atomic E-state index is 0.587. The van der Waals surface area contributed by atoms with Crippen molar-refractivity contribution in [3.05, 3.63) is 24.3 Å². The number of unbranched alkanes of at least 4 members (excludes halogenated alkanes) is 1. The highest BCUT2D eigenvalue weighted by atomic mass is 32.2. The fourth-order valence-corrected chi connectivity index (χ4v) is 1.83. The Bertz CT molecular complexity index is 292. The summed E-state index contributed by atoms with van der Waals surface area (Å²) in [6, 6.07) is 7.17. The standard InChI is InChI=1S/C11H15F2NS/c1-2-3-8-14-9-6-4-5-7-10(9)15-11(12)13/h4-7,11,14H,2-3,8H2,1H3. The summed E-state index contributed by atoms with van der Waals surface area (Å²) in [5, 5.41) is 3.17. The molecule has 15 heavy (non-hydrogen) atoms. The van der Waals surface area contributed by atoms with Gasteiger partial charge in [0.1, 0.15) is 0 Å². The fourth-order valence-electron chi connectivity index (χ4n) is 1.21. The molecule has 0 amide bonds. The molecule has 4 heteroatoms. The van der Waals surface area contributed by atoms with E-state index in [1.165, 1.54) is 0 Å². The minimum atomic E-state index is -2.36. The molecule has 1 aromatic rings. The number of hydrogen-bond donors (Lipinski definition) is 1. The van der Waals surface area contributed by atoms with Gasteiger partial charge in [-0.3, -0.25) is 0 Å². The Morgan fingerprint density at radius 1 is 1.33 bits per heavy atom. The van der Waals surface area contributed by atoms with Crippen LogP contribution >= 0.6 is 11.8 Å². The Kier molecular flexibility index (Phi) is 5.47. The number of halogens is 2. The van der Waals surface area contributed by atoms with E-state index >= 15 is 0 Å². The molecule has 0 radical (unpaired) electrons. The highest BCUT2D eigenvalue weighted by Crippen LogP contribution is 2.31. The smallest absolute Gasteiger partial charge is 0.288 e. The van der Waals surface area contributed by atoms with Crippen LogP contribution in [0.1, 0.15) is 19.8 Å². The normalized spacial score (nSPS) is 10.7. The third-order valence-electron chi connectivity index (χ3n) is 1.95. The highest BCUT2D eigenvalue weighted by Gasteiger charge is 2.08. The maximum absolute atomic E-state index is 12.2. The number of benzene rings is 1. The van der Waals surface area contributed by atoms with E-state index in [1.54, 1.807) is 12.1 Å². The Morgan fingerprint density at radius 2 is 2.07 bits per heavy atom. The summed E-state index contributed by atoms with van der Waals surface area (Å²) in [6.45, 7) is 2.93. The Morgan fingerprint density at radius 3 is 2.73 bits per heavy atom. The van der Waals surface area contributed by atoms with E-state index in [0.717, 1.165) is 25.1 Å². The van der Waals surface area contributed by atoms with Crippen LogP contribution in [0, 0.1) is 0 Å². The third kappa shape index (κ3) is 4.51. The summed E-state index contributed by atoms with van der Waals surface area (Å²) >= 11 is 0.587. The van der Waals surface area contributed by atoms with Crippen molar-refractivity contribution < 1.29 is 8.78 Å². The zero-order valence-electron chi connectivity index (χ0n) is 8.67. The molecule has 84 valence electrons. The minimum Gasteiger partial charge on any atom is -0.384 e. The molecule has 1 aromatic carbocycles. The van der Waals surface area contributed by atoms with Crippen LogP contribution in [-0.4, -0.2) is 12.3 Å². The lowest BCUT2D eigenvalue weighted by molar-refractivity contribution is 0.252. The number of para-hydroxylation sites is 1. The van der Waals surface area contributed by atoms with Crippen molar-refractivity contribution in [1.82, 2.24) is 0 Å². The van der Waals surface area contributed by atoms with Crippen molar-refractivity contribution in [1.29, 1.82) is 0 Å². The predicted octanol–water partition coefficient (Wildman–Crippen LogP) is 4.21. The molecular weight excluding hydrogens is 216 g/mol. The molecule has 0 atom stereocenters. The van der Waals surface area contributed by atoms with Gasteiger partial charge in [-0.25, -0.2) is 0 Å². The first kappa shape index (κ1) is 12.3. The second-order valence-corrected chi connectivity index (χ2v) is 4.19. The molecule has 0 aliphatic rings. The van der Waals surface area contributed by atoms with Gasteiger partial charge in [-0.1, -0.05) is 37.2 Å². The van der Waals surface area contributed by atoms with Gasteiger partial charge in [0.15, 0.2) is 0 Å². The molecule has 0 fully saturated rings. The highest BCUT2D eigenvalue weighted by molar-refractivity contribution is 7.99. The molecule has 0 aromatic heterocycles. The van der Waals surface area contributed by atoms with Crippen LogP contribution in [0.5, 0.6) is 0 Å². The van der Waals surface area contributed by atoms with Crippen molar-refractivity contribution in [3.8, 4) is 0 Å². The Hall–Kier alpha value is -0.770. The average molecular weight is 231 g/mol. The summed E-state index contributed by atoms with van der Waals surface area (Å²) < 4.78 is 24.4. The van der Waals surface area contributed by atoms with E-state index in [1.807, 2.05) is 12.1 Å².